The lowest BCUT2D eigenvalue weighted by molar-refractivity contribution is 0.0990. The van der Waals surface area contributed by atoms with Crippen molar-refractivity contribution >= 4 is 22.5 Å². The second kappa shape index (κ2) is 6.16. The first kappa shape index (κ1) is 16.9. The highest BCUT2D eigenvalue weighted by molar-refractivity contribution is 6.11. The molecule has 25 heavy (non-hydrogen) atoms. The minimum absolute atomic E-state index is 0.00348. The number of phenolic OH excluding ortho intramolecular Hbond substituents is 2. The number of amides is 1. The van der Waals surface area contributed by atoms with Crippen LogP contribution in [0.4, 0.5) is 5.69 Å². The molecule has 3 aromatic rings. The van der Waals surface area contributed by atoms with E-state index < -0.39 is 0 Å². The van der Waals surface area contributed by atoms with Gasteiger partial charge in [-0.25, -0.2) is 0 Å². The van der Waals surface area contributed by atoms with E-state index in [1.807, 2.05) is 55.9 Å². The molecule has 1 amide bonds. The van der Waals surface area contributed by atoms with Gasteiger partial charge in [0, 0.05) is 31.7 Å². The summed E-state index contributed by atoms with van der Waals surface area (Å²) in [5, 5.41) is 21.2. The number of carbonyl (C=O) groups excluding carboxylic acids is 1. The number of aromatic hydroxyl groups is 2. The van der Waals surface area contributed by atoms with E-state index in [9.17, 15) is 15.0 Å². The van der Waals surface area contributed by atoms with Crippen LogP contribution in [0.5, 0.6) is 11.5 Å². The Bertz CT molecular complexity index is 957. The Morgan fingerprint density at radius 2 is 1.84 bits per heavy atom. The van der Waals surface area contributed by atoms with Gasteiger partial charge in [-0.05, 0) is 29.7 Å². The van der Waals surface area contributed by atoms with E-state index in [-0.39, 0.29) is 28.9 Å². The standard InChI is InChI=1S/C20H22N2O3/c1-12(2)14-10-15(18(24)11-17(14)23)20(25)22(4)16-7-5-6-13-8-9-21(3)19(13)16/h5-12,23-24H,1-4H3. The normalized spacial score (nSPS) is 11.2. The summed E-state index contributed by atoms with van der Waals surface area (Å²) < 4.78 is 1.96. The number of fused-ring (bicyclic) bond motifs is 1. The van der Waals surface area contributed by atoms with Gasteiger partial charge in [0.2, 0.25) is 0 Å². The third-order valence-corrected chi connectivity index (χ3v) is 4.54. The highest BCUT2D eigenvalue weighted by atomic mass is 16.3. The summed E-state index contributed by atoms with van der Waals surface area (Å²) in [5.41, 5.74) is 2.51. The number of phenols is 2. The fourth-order valence-electron chi connectivity index (χ4n) is 3.12. The quantitative estimate of drug-likeness (QED) is 0.759. The maximum atomic E-state index is 13.0. The second-order valence-electron chi connectivity index (χ2n) is 6.59. The highest BCUT2D eigenvalue weighted by Crippen LogP contribution is 2.34. The lowest BCUT2D eigenvalue weighted by Gasteiger charge is -2.21. The Morgan fingerprint density at radius 1 is 1.12 bits per heavy atom. The van der Waals surface area contributed by atoms with Crippen LogP contribution in [0.3, 0.4) is 0 Å². The molecule has 1 heterocycles. The van der Waals surface area contributed by atoms with E-state index in [2.05, 4.69) is 0 Å². The molecular formula is C20H22N2O3. The van der Waals surface area contributed by atoms with Gasteiger partial charge in [-0.3, -0.25) is 4.79 Å². The van der Waals surface area contributed by atoms with Crippen LogP contribution < -0.4 is 4.90 Å². The first-order valence-electron chi connectivity index (χ1n) is 8.19. The van der Waals surface area contributed by atoms with E-state index >= 15 is 0 Å². The molecule has 3 rings (SSSR count). The van der Waals surface area contributed by atoms with Crippen LogP contribution in [0.15, 0.2) is 42.6 Å². The van der Waals surface area contributed by atoms with Crippen molar-refractivity contribution in [1.29, 1.82) is 0 Å². The number of aromatic nitrogens is 1. The number of aryl methyl sites for hydroxylation is 1. The molecule has 5 nitrogen and oxygen atoms in total. The maximum Gasteiger partial charge on any atom is 0.261 e. The molecule has 0 fully saturated rings. The van der Waals surface area contributed by atoms with Crippen molar-refractivity contribution in [2.75, 3.05) is 11.9 Å². The van der Waals surface area contributed by atoms with Crippen LogP contribution in [0.1, 0.15) is 35.7 Å². The molecule has 130 valence electrons. The zero-order valence-electron chi connectivity index (χ0n) is 14.8. The summed E-state index contributed by atoms with van der Waals surface area (Å²) in [4.78, 5) is 14.5. The molecule has 0 saturated carbocycles. The van der Waals surface area contributed by atoms with Crippen LogP contribution >= 0.6 is 0 Å². The molecule has 5 heteroatoms. The monoisotopic (exact) mass is 338 g/mol. The van der Waals surface area contributed by atoms with Gasteiger partial charge in [-0.2, -0.15) is 0 Å². The van der Waals surface area contributed by atoms with Crippen LogP contribution in [0.2, 0.25) is 0 Å². The van der Waals surface area contributed by atoms with Gasteiger partial charge in [0.25, 0.3) is 5.91 Å². The summed E-state index contributed by atoms with van der Waals surface area (Å²) in [7, 11) is 3.62. The fourth-order valence-corrected chi connectivity index (χ4v) is 3.12. The smallest absolute Gasteiger partial charge is 0.261 e. The van der Waals surface area contributed by atoms with Crippen molar-refractivity contribution in [3.63, 3.8) is 0 Å². The van der Waals surface area contributed by atoms with E-state index in [1.54, 1.807) is 13.1 Å². The molecule has 0 aliphatic heterocycles. The van der Waals surface area contributed by atoms with Crippen molar-refractivity contribution in [3.05, 3.63) is 53.7 Å². The van der Waals surface area contributed by atoms with Crippen molar-refractivity contribution in [1.82, 2.24) is 4.57 Å². The predicted octanol–water partition coefficient (Wildman–Crippen LogP) is 3.99. The minimum atomic E-state index is -0.326. The van der Waals surface area contributed by atoms with E-state index in [0.717, 1.165) is 16.6 Å². The number of nitrogens with zero attached hydrogens (tertiary/aromatic N) is 2. The number of hydrogen-bond acceptors (Lipinski definition) is 3. The Hall–Kier alpha value is -2.95. The molecule has 0 unspecified atom stereocenters. The van der Waals surface area contributed by atoms with Crippen LogP contribution in [0, 0.1) is 0 Å². The molecule has 0 spiro atoms. The van der Waals surface area contributed by atoms with Gasteiger partial charge in [-0.1, -0.05) is 26.0 Å². The Balaban J connectivity index is 2.09. The largest absolute Gasteiger partial charge is 0.508 e. The molecule has 0 atom stereocenters. The molecule has 0 saturated heterocycles. The van der Waals surface area contributed by atoms with Gasteiger partial charge >= 0.3 is 0 Å². The lowest BCUT2D eigenvalue weighted by atomic mass is 9.98. The Labute approximate surface area is 146 Å². The third-order valence-electron chi connectivity index (χ3n) is 4.54. The van der Waals surface area contributed by atoms with Crippen molar-refractivity contribution < 1.29 is 15.0 Å². The number of anilines is 1. The Morgan fingerprint density at radius 3 is 2.52 bits per heavy atom. The summed E-state index contributed by atoms with van der Waals surface area (Å²) >= 11 is 0. The maximum absolute atomic E-state index is 13.0. The first-order valence-corrected chi connectivity index (χ1v) is 8.19. The van der Waals surface area contributed by atoms with Crippen molar-refractivity contribution in [2.45, 2.75) is 19.8 Å². The van der Waals surface area contributed by atoms with Gasteiger partial charge in [0.05, 0.1) is 16.8 Å². The number of para-hydroxylation sites is 1. The number of benzene rings is 2. The fraction of sp³-hybridized carbons (Fsp3) is 0.250. The molecule has 0 radical (unpaired) electrons. The molecule has 2 aromatic carbocycles. The van der Waals surface area contributed by atoms with Gasteiger partial charge in [0.15, 0.2) is 0 Å². The van der Waals surface area contributed by atoms with Crippen molar-refractivity contribution in [2.24, 2.45) is 7.05 Å². The number of carbonyl (C=O) groups is 1. The van der Waals surface area contributed by atoms with E-state index in [0.29, 0.717) is 5.56 Å². The van der Waals surface area contributed by atoms with Gasteiger partial charge < -0.3 is 19.7 Å². The van der Waals surface area contributed by atoms with Crippen molar-refractivity contribution in [3.8, 4) is 11.5 Å². The number of rotatable bonds is 3. The minimum Gasteiger partial charge on any atom is -0.508 e. The Kier molecular flexibility index (Phi) is 4.17. The molecule has 2 N–H and O–H groups in total. The van der Waals surface area contributed by atoms with Gasteiger partial charge in [-0.15, -0.1) is 0 Å². The first-order chi connectivity index (χ1) is 11.8. The van der Waals surface area contributed by atoms with Crippen LogP contribution in [0.25, 0.3) is 10.9 Å². The predicted molar refractivity (Wildman–Crippen MR) is 99.5 cm³/mol. The average molecular weight is 338 g/mol. The molecule has 1 aromatic heterocycles. The van der Waals surface area contributed by atoms with Gasteiger partial charge in [0.1, 0.15) is 11.5 Å². The lowest BCUT2D eigenvalue weighted by Crippen LogP contribution is -2.27. The zero-order chi connectivity index (χ0) is 18.3. The second-order valence-corrected chi connectivity index (χ2v) is 6.59. The van der Waals surface area contributed by atoms with Crippen LogP contribution in [-0.4, -0.2) is 27.7 Å². The highest BCUT2D eigenvalue weighted by Gasteiger charge is 2.22. The van der Waals surface area contributed by atoms with Crippen LogP contribution in [-0.2, 0) is 7.05 Å². The summed E-state index contributed by atoms with van der Waals surface area (Å²) in [6.45, 7) is 3.85. The molecule has 0 aliphatic rings. The summed E-state index contributed by atoms with van der Waals surface area (Å²) in [6, 6.07) is 10.6. The van der Waals surface area contributed by atoms with E-state index in [4.69, 9.17) is 0 Å². The summed E-state index contributed by atoms with van der Waals surface area (Å²) in [5.74, 6) is -0.518. The topological polar surface area (TPSA) is 65.7 Å². The zero-order valence-corrected chi connectivity index (χ0v) is 14.8. The third kappa shape index (κ3) is 2.82. The average Bonchev–Trinajstić information content (AvgIpc) is 2.95. The molecule has 0 aliphatic carbocycles. The SMILES string of the molecule is CC(C)c1cc(C(=O)N(C)c2cccc3ccn(C)c23)c(O)cc1O. The molecular weight excluding hydrogens is 316 g/mol. The molecule has 0 bridgehead atoms. The summed E-state index contributed by atoms with van der Waals surface area (Å²) in [6.07, 6.45) is 1.95. The number of hydrogen-bond donors (Lipinski definition) is 2. The van der Waals surface area contributed by atoms with E-state index in [1.165, 1.54) is 11.0 Å².